The van der Waals surface area contributed by atoms with Crippen LogP contribution in [0, 0.1) is 0 Å². The quantitative estimate of drug-likeness (QED) is 0.779. The molecule has 0 heterocycles. The van der Waals surface area contributed by atoms with E-state index in [1.54, 1.807) is 18.2 Å². The minimum Gasteiger partial charge on any atom is -0.491 e. The molecule has 1 rings (SSSR count). The molecule has 0 radical (unpaired) electrons. The molecule has 0 aliphatic rings. The summed E-state index contributed by atoms with van der Waals surface area (Å²) < 4.78 is 5.50. The number of benzene rings is 1. The van der Waals surface area contributed by atoms with Crippen molar-refractivity contribution in [2.24, 2.45) is 5.73 Å². The van der Waals surface area contributed by atoms with Gasteiger partial charge >= 0.3 is 0 Å². The van der Waals surface area contributed by atoms with Gasteiger partial charge in [-0.2, -0.15) is 0 Å². The van der Waals surface area contributed by atoms with Gasteiger partial charge in [0.25, 0.3) is 5.91 Å². The molecule has 1 aromatic rings. The highest BCUT2D eigenvalue weighted by atomic mass is 32.1. The fraction of sp³-hybridized carbons (Fsp3) is 0.333. The number of nitrogens with one attached hydrogen (secondary N) is 1. The molecule has 0 aliphatic carbocycles. The first kappa shape index (κ1) is 13.4. The monoisotopic (exact) mass is 252 g/mol. The van der Waals surface area contributed by atoms with Crippen molar-refractivity contribution in [3.63, 3.8) is 0 Å². The van der Waals surface area contributed by atoms with Crippen LogP contribution in [0.25, 0.3) is 0 Å². The number of hydrogen-bond acceptors (Lipinski definition) is 3. The van der Waals surface area contributed by atoms with Gasteiger partial charge in [0.2, 0.25) is 0 Å². The van der Waals surface area contributed by atoms with E-state index in [9.17, 15) is 4.79 Å². The van der Waals surface area contributed by atoms with Gasteiger partial charge in [-0.15, -0.1) is 0 Å². The largest absolute Gasteiger partial charge is 0.491 e. The Morgan fingerprint density at radius 3 is 2.82 bits per heavy atom. The zero-order valence-corrected chi connectivity index (χ0v) is 10.7. The number of nitrogens with two attached hydrogens (primary N) is 1. The van der Waals surface area contributed by atoms with Gasteiger partial charge in [0.1, 0.15) is 5.75 Å². The number of hydrogen-bond donors (Lipinski definition) is 2. The number of rotatable bonds is 5. The number of carbonyl (C=O) groups is 1. The van der Waals surface area contributed by atoms with E-state index < -0.39 is 0 Å². The molecule has 3 N–H and O–H groups in total. The van der Waals surface area contributed by atoms with Crippen LogP contribution in [0.1, 0.15) is 24.2 Å². The van der Waals surface area contributed by atoms with Crippen LogP contribution in [0.3, 0.4) is 0 Å². The number of ether oxygens (including phenoxy) is 1. The second kappa shape index (κ2) is 6.20. The molecule has 0 saturated heterocycles. The minimum absolute atomic E-state index is 0.0740. The summed E-state index contributed by atoms with van der Waals surface area (Å²) in [6.07, 6.45) is 0.0740. The van der Waals surface area contributed by atoms with Crippen LogP contribution in [-0.4, -0.2) is 23.5 Å². The van der Waals surface area contributed by atoms with E-state index in [2.05, 4.69) is 17.5 Å². The van der Waals surface area contributed by atoms with E-state index in [1.165, 1.54) is 0 Å². The topological polar surface area (TPSA) is 64.3 Å². The van der Waals surface area contributed by atoms with Gasteiger partial charge in [0.15, 0.2) is 0 Å². The average molecular weight is 252 g/mol. The zero-order valence-electron chi connectivity index (χ0n) is 9.90. The van der Waals surface area contributed by atoms with Gasteiger partial charge in [0.05, 0.1) is 17.6 Å². The van der Waals surface area contributed by atoms with E-state index in [-0.39, 0.29) is 23.5 Å². The van der Waals surface area contributed by atoms with Crippen LogP contribution in [0.4, 0.5) is 0 Å². The van der Waals surface area contributed by atoms with E-state index in [0.717, 1.165) is 0 Å². The Bertz CT molecular complexity index is 419. The van der Waals surface area contributed by atoms with Gasteiger partial charge in [-0.3, -0.25) is 4.79 Å². The molecule has 0 atom stereocenters. The van der Waals surface area contributed by atoms with E-state index in [4.69, 9.17) is 10.5 Å². The van der Waals surface area contributed by atoms with Gasteiger partial charge in [-0.1, -0.05) is 18.3 Å². The first-order chi connectivity index (χ1) is 7.99. The molecule has 1 aromatic carbocycles. The fourth-order valence-electron chi connectivity index (χ4n) is 1.25. The molecular weight excluding hydrogens is 236 g/mol. The number of amides is 1. The Morgan fingerprint density at radius 2 is 2.24 bits per heavy atom. The maximum atomic E-state index is 11.7. The van der Waals surface area contributed by atoms with Gasteiger partial charge in [-0.25, -0.2) is 0 Å². The molecule has 5 heteroatoms. The molecule has 0 saturated carbocycles. The molecular formula is C12H16N2O2S. The number of thiocarbonyl (C=S) groups is 1. The van der Waals surface area contributed by atoms with Crippen LogP contribution >= 0.6 is 12.2 Å². The summed E-state index contributed by atoms with van der Waals surface area (Å²) >= 11 is 4.69. The Hall–Kier alpha value is -1.62. The summed E-state index contributed by atoms with van der Waals surface area (Å²) in [6.45, 7) is 4.06. The van der Waals surface area contributed by atoms with E-state index >= 15 is 0 Å². The fourth-order valence-corrected chi connectivity index (χ4v) is 1.32. The standard InChI is InChI=1S/C12H16N2O2S/c1-8(2)16-10-5-3-4-9(6-10)12(15)14-7-11(13)17/h3-6,8H,7H2,1-2H3,(H2,13,17)(H,14,15). The molecule has 17 heavy (non-hydrogen) atoms. The number of carbonyl (C=O) groups excluding carboxylic acids is 1. The highest BCUT2D eigenvalue weighted by molar-refractivity contribution is 7.80. The van der Waals surface area contributed by atoms with Crippen molar-refractivity contribution in [3.8, 4) is 5.75 Å². The molecule has 0 spiro atoms. The van der Waals surface area contributed by atoms with Crippen LogP contribution in [0.2, 0.25) is 0 Å². The molecule has 0 fully saturated rings. The molecule has 0 aromatic heterocycles. The highest BCUT2D eigenvalue weighted by Gasteiger charge is 2.07. The van der Waals surface area contributed by atoms with Gasteiger partial charge in [0, 0.05) is 5.56 Å². The van der Waals surface area contributed by atoms with Crippen LogP contribution in [0.5, 0.6) is 5.75 Å². The Kier molecular flexibility index (Phi) is 4.90. The first-order valence-electron chi connectivity index (χ1n) is 5.32. The van der Waals surface area contributed by atoms with Crippen LogP contribution in [0.15, 0.2) is 24.3 Å². The molecule has 0 aliphatic heterocycles. The summed E-state index contributed by atoms with van der Waals surface area (Å²) in [5.41, 5.74) is 5.83. The summed E-state index contributed by atoms with van der Waals surface area (Å²) in [6, 6.07) is 6.98. The summed E-state index contributed by atoms with van der Waals surface area (Å²) in [7, 11) is 0. The Balaban J connectivity index is 2.70. The van der Waals surface area contributed by atoms with E-state index in [1.807, 2.05) is 19.9 Å². The lowest BCUT2D eigenvalue weighted by Crippen LogP contribution is -2.32. The van der Waals surface area contributed by atoms with Gasteiger partial charge in [-0.05, 0) is 32.0 Å². The summed E-state index contributed by atoms with van der Waals surface area (Å²) in [4.78, 5) is 12.0. The lowest BCUT2D eigenvalue weighted by molar-refractivity contribution is 0.0958. The Morgan fingerprint density at radius 1 is 1.53 bits per heavy atom. The van der Waals surface area contributed by atoms with Crippen molar-refractivity contribution in [1.82, 2.24) is 5.32 Å². The third-order valence-electron chi connectivity index (χ3n) is 1.89. The van der Waals surface area contributed by atoms with Crippen molar-refractivity contribution < 1.29 is 9.53 Å². The summed E-state index contributed by atoms with van der Waals surface area (Å²) in [5.74, 6) is 0.454. The second-order valence-electron chi connectivity index (χ2n) is 3.84. The molecule has 0 bridgehead atoms. The van der Waals surface area contributed by atoms with Crippen molar-refractivity contribution in [1.29, 1.82) is 0 Å². The third-order valence-corrected chi connectivity index (χ3v) is 2.04. The lowest BCUT2D eigenvalue weighted by Gasteiger charge is -2.10. The Labute approximate surface area is 106 Å². The van der Waals surface area contributed by atoms with Crippen LogP contribution < -0.4 is 15.8 Å². The molecule has 0 unspecified atom stereocenters. The predicted molar refractivity (Wildman–Crippen MR) is 71.3 cm³/mol. The van der Waals surface area contributed by atoms with Gasteiger partial charge < -0.3 is 15.8 Å². The second-order valence-corrected chi connectivity index (χ2v) is 4.37. The molecule has 92 valence electrons. The lowest BCUT2D eigenvalue weighted by atomic mass is 10.2. The molecule has 1 amide bonds. The SMILES string of the molecule is CC(C)Oc1cccc(C(=O)NCC(N)=S)c1. The van der Waals surface area contributed by atoms with Crippen molar-refractivity contribution in [3.05, 3.63) is 29.8 Å². The third kappa shape index (κ3) is 4.82. The summed E-state index contributed by atoms with van der Waals surface area (Å²) in [5, 5.41) is 2.62. The predicted octanol–water partition coefficient (Wildman–Crippen LogP) is 1.49. The van der Waals surface area contributed by atoms with Crippen LogP contribution in [-0.2, 0) is 0 Å². The highest BCUT2D eigenvalue weighted by Crippen LogP contribution is 2.14. The van der Waals surface area contributed by atoms with Crippen molar-refractivity contribution in [2.75, 3.05) is 6.54 Å². The smallest absolute Gasteiger partial charge is 0.251 e. The van der Waals surface area contributed by atoms with Crippen molar-refractivity contribution >= 4 is 23.1 Å². The van der Waals surface area contributed by atoms with Crippen molar-refractivity contribution in [2.45, 2.75) is 20.0 Å². The van der Waals surface area contributed by atoms with E-state index in [0.29, 0.717) is 11.3 Å². The zero-order chi connectivity index (χ0) is 12.8. The average Bonchev–Trinajstić information content (AvgIpc) is 2.25. The first-order valence-corrected chi connectivity index (χ1v) is 5.73. The molecule has 4 nitrogen and oxygen atoms in total. The minimum atomic E-state index is -0.216. The normalized spacial score (nSPS) is 10.1. The maximum absolute atomic E-state index is 11.7. The maximum Gasteiger partial charge on any atom is 0.251 e.